The summed E-state index contributed by atoms with van der Waals surface area (Å²) in [6.45, 7) is 0.183. The number of fused-ring (bicyclic) bond motifs is 2. The molecule has 2 aromatic rings. The van der Waals surface area contributed by atoms with Gasteiger partial charge in [0.25, 0.3) is 0 Å². The van der Waals surface area contributed by atoms with E-state index >= 15 is 0 Å². The third-order valence-electron chi connectivity index (χ3n) is 3.96. The van der Waals surface area contributed by atoms with Gasteiger partial charge in [-0.2, -0.15) is 0 Å². The van der Waals surface area contributed by atoms with Crippen molar-refractivity contribution in [2.45, 2.75) is 12.3 Å². The van der Waals surface area contributed by atoms with Crippen molar-refractivity contribution >= 4 is 23.2 Å². The average Bonchev–Trinajstić information content (AvgIpc) is 3.01. The molecular weight excluding hydrogens is 296 g/mol. The summed E-state index contributed by atoms with van der Waals surface area (Å²) in [5, 5.41) is 5.64. The predicted octanol–water partition coefficient (Wildman–Crippen LogP) is 2.48. The Morgan fingerprint density at radius 2 is 1.96 bits per heavy atom. The fraction of sp³-hybridized carbons (Fsp3) is 0.176. The summed E-state index contributed by atoms with van der Waals surface area (Å²) in [5.41, 5.74) is 2.13. The van der Waals surface area contributed by atoms with Crippen LogP contribution in [0.25, 0.3) is 0 Å². The summed E-state index contributed by atoms with van der Waals surface area (Å²) >= 11 is 0. The highest BCUT2D eigenvalue weighted by molar-refractivity contribution is 6.05. The highest BCUT2D eigenvalue weighted by Crippen LogP contribution is 2.36. The number of amides is 2. The molecule has 0 fully saturated rings. The molecular formula is C17H14N2O4. The van der Waals surface area contributed by atoms with Gasteiger partial charge >= 0.3 is 0 Å². The molecule has 0 aromatic heterocycles. The molecule has 2 aliphatic rings. The number of nitrogens with one attached hydrogen (secondary N) is 2. The quantitative estimate of drug-likeness (QED) is 0.893. The molecule has 23 heavy (non-hydrogen) atoms. The maximum absolute atomic E-state index is 12.6. The first-order chi connectivity index (χ1) is 11.2. The third kappa shape index (κ3) is 2.48. The second-order valence-corrected chi connectivity index (χ2v) is 5.45. The van der Waals surface area contributed by atoms with Crippen LogP contribution in [-0.4, -0.2) is 18.6 Å². The van der Waals surface area contributed by atoms with Crippen LogP contribution in [0.4, 0.5) is 11.4 Å². The molecule has 0 bridgehead atoms. The Bertz CT molecular complexity index is 803. The lowest BCUT2D eigenvalue weighted by atomic mass is 9.90. The number of hydrogen-bond donors (Lipinski definition) is 2. The van der Waals surface area contributed by atoms with Crippen molar-refractivity contribution in [3.63, 3.8) is 0 Å². The first-order valence-electron chi connectivity index (χ1n) is 7.30. The van der Waals surface area contributed by atoms with Crippen molar-refractivity contribution in [3.05, 3.63) is 48.0 Å². The molecule has 0 aliphatic carbocycles. The van der Waals surface area contributed by atoms with Gasteiger partial charge in [-0.05, 0) is 23.8 Å². The van der Waals surface area contributed by atoms with Crippen molar-refractivity contribution in [2.24, 2.45) is 0 Å². The van der Waals surface area contributed by atoms with Gasteiger partial charge in [0.15, 0.2) is 11.5 Å². The molecule has 116 valence electrons. The number of benzene rings is 2. The fourth-order valence-electron chi connectivity index (χ4n) is 2.85. The van der Waals surface area contributed by atoms with Crippen molar-refractivity contribution < 1.29 is 19.1 Å². The van der Waals surface area contributed by atoms with Gasteiger partial charge in [0, 0.05) is 23.9 Å². The molecule has 1 unspecified atom stereocenters. The van der Waals surface area contributed by atoms with E-state index in [0.29, 0.717) is 22.9 Å². The van der Waals surface area contributed by atoms with E-state index < -0.39 is 5.92 Å². The monoisotopic (exact) mass is 310 g/mol. The number of para-hydroxylation sites is 1. The van der Waals surface area contributed by atoms with Gasteiger partial charge in [0.2, 0.25) is 18.6 Å². The summed E-state index contributed by atoms with van der Waals surface area (Å²) in [5.74, 6) is 0.376. The lowest BCUT2D eigenvalue weighted by Gasteiger charge is -2.24. The lowest BCUT2D eigenvalue weighted by molar-refractivity contribution is -0.123. The van der Waals surface area contributed by atoms with E-state index in [-0.39, 0.29) is 25.0 Å². The Morgan fingerprint density at radius 1 is 1.13 bits per heavy atom. The molecule has 2 N–H and O–H groups in total. The molecule has 4 rings (SSSR count). The van der Waals surface area contributed by atoms with E-state index in [2.05, 4.69) is 10.6 Å². The summed E-state index contributed by atoms with van der Waals surface area (Å²) in [6.07, 6.45) is 0.132. The fourth-order valence-corrected chi connectivity index (χ4v) is 2.85. The average molecular weight is 310 g/mol. The molecule has 2 amide bonds. The highest BCUT2D eigenvalue weighted by Gasteiger charge is 2.30. The summed E-state index contributed by atoms with van der Waals surface area (Å²) in [6, 6.07) is 12.6. The van der Waals surface area contributed by atoms with Crippen LogP contribution < -0.4 is 20.1 Å². The number of ether oxygens (including phenoxy) is 2. The molecule has 1 atom stereocenters. The Hall–Kier alpha value is -3.02. The van der Waals surface area contributed by atoms with Crippen LogP contribution in [-0.2, 0) is 9.59 Å². The molecule has 6 heteroatoms. The van der Waals surface area contributed by atoms with E-state index in [4.69, 9.17) is 9.47 Å². The number of rotatable bonds is 2. The Balaban J connectivity index is 1.59. The van der Waals surface area contributed by atoms with E-state index in [0.717, 1.165) is 5.56 Å². The smallest absolute Gasteiger partial charge is 0.232 e. The van der Waals surface area contributed by atoms with Crippen LogP contribution >= 0.6 is 0 Å². The second-order valence-electron chi connectivity index (χ2n) is 5.45. The van der Waals surface area contributed by atoms with Crippen molar-refractivity contribution in [2.75, 3.05) is 17.4 Å². The van der Waals surface area contributed by atoms with Crippen LogP contribution in [0.15, 0.2) is 42.5 Å². The maximum atomic E-state index is 12.6. The molecule has 6 nitrogen and oxygen atoms in total. The van der Waals surface area contributed by atoms with Crippen molar-refractivity contribution in [1.82, 2.24) is 0 Å². The largest absolute Gasteiger partial charge is 0.454 e. The normalized spacial score (nSPS) is 18.1. The van der Waals surface area contributed by atoms with Gasteiger partial charge < -0.3 is 20.1 Å². The van der Waals surface area contributed by atoms with E-state index in [9.17, 15) is 9.59 Å². The number of carbonyl (C=O) groups is 2. The van der Waals surface area contributed by atoms with E-state index in [1.165, 1.54) is 0 Å². The van der Waals surface area contributed by atoms with Gasteiger partial charge in [0.1, 0.15) is 0 Å². The molecule has 0 spiro atoms. The molecule has 0 saturated heterocycles. The van der Waals surface area contributed by atoms with Crippen LogP contribution in [0.1, 0.15) is 17.9 Å². The molecule has 0 radical (unpaired) electrons. The van der Waals surface area contributed by atoms with E-state index in [1.54, 1.807) is 24.3 Å². The zero-order valence-electron chi connectivity index (χ0n) is 12.2. The number of anilines is 2. The predicted molar refractivity (Wildman–Crippen MR) is 83.6 cm³/mol. The molecule has 2 heterocycles. The highest BCUT2D eigenvalue weighted by atomic mass is 16.7. The van der Waals surface area contributed by atoms with Crippen LogP contribution in [0.3, 0.4) is 0 Å². The first-order valence-corrected chi connectivity index (χ1v) is 7.30. The zero-order chi connectivity index (χ0) is 15.8. The van der Waals surface area contributed by atoms with Gasteiger partial charge in [-0.3, -0.25) is 9.59 Å². The van der Waals surface area contributed by atoms with Crippen molar-refractivity contribution in [1.29, 1.82) is 0 Å². The maximum Gasteiger partial charge on any atom is 0.232 e. The van der Waals surface area contributed by atoms with Crippen LogP contribution in [0.2, 0.25) is 0 Å². The molecule has 2 aliphatic heterocycles. The number of carbonyl (C=O) groups excluding carboxylic acids is 2. The Kier molecular flexibility index (Phi) is 3.15. The summed E-state index contributed by atoms with van der Waals surface area (Å²) < 4.78 is 10.5. The van der Waals surface area contributed by atoms with Crippen LogP contribution in [0.5, 0.6) is 11.5 Å². The third-order valence-corrected chi connectivity index (χ3v) is 3.96. The van der Waals surface area contributed by atoms with Gasteiger partial charge in [-0.1, -0.05) is 18.2 Å². The Labute approximate surface area is 132 Å². The van der Waals surface area contributed by atoms with Gasteiger partial charge in [0.05, 0.1) is 5.92 Å². The van der Waals surface area contributed by atoms with Gasteiger partial charge in [-0.25, -0.2) is 0 Å². The summed E-state index contributed by atoms with van der Waals surface area (Å²) in [4.78, 5) is 24.4. The van der Waals surface area contributed by atoms with E-state index in [1.807, 2.05) is 18.2 Å². The minimum atomic E-state index is -0.509. The topological polar surface area (TPSA) is 76.7 Å². The molecule has 0 saturated carbocycles. The summed E-state index contributed by atoms with van der Waals surface area (Å²) in [7, 11) is 0. The first kappa shape index (κ1) is 13.6. The molecule has 2 aromatic carbocycles. The van der Waals surface area contributed by atoms with Crippen LogP contribution in [0, 0.1) is 0 Å². The van der Waals surface area contributed by atoms with Crippen molar-refractivity contribution in [3.8, 4) is 11.5 Å². The Morgan fingerprint density at radius 3 is 2.87 bits per heavy atom. The van der Waals surface area contributed by atoms with Gasteiger partial charge in [-0.15, -0.1) is 0 Å². The zero-order valence-corrected chi connectivity index (χ0v) is 12.2. The standard InChI is InChI=1S/C17H14N2O4/c20-16-8-12(11-3-1-2-4-13(11)19-16)17(21)18-10-5-6-14-15(7-10)23-9-22-14/h1-7,12H,8-9H2,(H,18,21)(H,19,20). The minimum Gasteiger partial charge on any atom is -0.454 e. The SMILES string of the molecule is O=C1CC(C(=O)Nc2ccc3c(c2)OCO3)c2ccccc2N1. The number of hydrogen-bond acceptors (Lipinski definition) is 4. The second kappa shape index (κ2) is 5.31. The lowest BCUT2D eigenvalue weighted by Crippen LogP contribution is -2.30. The minimum absolute atomic E-state index is 0.132.